The van der Waals surface area contributed by atoms with Crippen LogP contribution in [0.15, 0.2) is 61.1 Å². The lowest BCUT2D eigenvalue weighted by Gasteiger charge is -2.42. The lowest BCUT2D eigenvalue weighted by Crippen LogP contribution is -2.45. The molecule has 1 spiro atoms. The Morgan fingerprint density at radius 3 is 2.64 bits per heavy atom. The molecule has 6 rings (SSSR count). The first-order valence-electron chi connectivity index (χ1n) is 11.4. The largest absolute Gasteiger partial charge is 0.346 e. The number of aromatic amines is 1. The highest BCUT2D eigenvalue weighted by atomic mass is 35.5. The number of H-pyrrole nitrogens is 1. The number of nitrogens with one attached hydrogen (secondary N) is 1. The van der Waals surface area contributed by atoms with Gasteiger partial charge in [-0.3, -0.25) is 4.90 Å². The van der Waals surface area contributed by atoms with Crippen molar-refractivity contribution in [1.29, 1.82) is 0 Å². The zero-order valence-corrected chi connectivity index (χ0v) is 19.2. The van der Waals surface area contributed by atoms with Crippen LogP contribution in [-0.2, 0) is 5.41 Å². The van der Waals surface area contributed by atoms with Crippen molar-refractivity contribution in [2.24, 2.45) is 0 Å². The summed E-state index contributed by atoms with van der Waals surface area (Å²) in [4.78, 5) is 16.9. The minimum absolute atomic E-state index is 0.0960. The van der Waals surface area contributed by atoms with Crippen LogP contribution in [0.4, 0.5) is 15.9 Å². The van der Waals surface area contributed by atoms with Crippen molar-refractivity contribution in [2.45, 2.75) is 31.2 Å². The molecule has 168 valence electrons. The average Bonchev–Trinajstić information content (AvgIpc) is 3.43. The molecule has 2 aromatic carbocycles. The molecule has 1 N–H and O–H groups in total. The fraction of sp³-hybridized carbons (Fsp3) is 0.308. The molecule has 33 heavy (non-hydrogen) atoms. The normalized spacial score (nSPS) is 18.7. The molecule has 1 unspecified atom stereocenters. The van der Waals surface area contributed by atoms with Crippen LogP contribution in [0, 0.1) is 5.82 Å². The van der Waals surface area contributed by atoms with Crippen LogP contribution in [0.25, 0.3) is 11.0 Å². The number of nitrogens with zero attached hydrogens (tertiary/aromatic N) is 4. The van der Waals surface area contributed by atoms with Gasteiger partial charge in [-0.05, 0) is 80.4 Å². The van der Waals surface area contributed by atoms with E-state index in [0.29, 0.717) is 6.04 Å². The van der Waals surface area contributed by atoms with E-state index in [9.17, 15) is 4.39 Å². The minimum atomic E-state index is -0.179. The first kappa shape index (κ1) is 20.6. The minimum Gasteiger partial charge on any atom is -0.346 e. The van der Waals surface area contributed by atoms with Crippen LogP contribution in [0.3, 0.4) is 0 Å². The van der Waals surface area contributed by atoms with Gasteiger partial charge >= 0.3 is 0 Å². The fourth-order valence-corrected chi connectivity index (χ4v) is 5.75. The quantitative estimate of drug-likeness (QED) is 0.406. The van der Waals surface area contributed by atoms with Crippen molar-refractivity contribution in [2.75, 3.05) is 24.5 Å². The third kappa shape index (κ3) is 3.40. The van der Waals surface area contributed by atoms with Gasteiger partial charge < -0.3 is 9.88 Å². The van der Waals surface area contributed by atoms with E-state index in [4.69, 9.17) is 11.6 Å². The molecule has 4 aromatic rings. The molecule has 1 atom stereocenters. The monoisotopic (exact) mass is 461 g/mol. The molecule has 4 heterocycles. The molecule has 0 saturated carbocycles. The zero-order chi connectivity index (χ0) is 22.6. The molecule has 2 aromatic heterocycles. The maximum absolute atomic E-state index is 14.4. The summed E-state index contributed by atoms with van der Waals surface area (Å²) in [5.41, 5.74) is 4.14. The van der Waals surface area contributed by atoms with Gasteiger partial charge in [0, 0.05) is 34.9 Å². The van der Waals surface area contributed by atoms with E-state index in [-0.39, 0.29) is 11.2 Å². The smallest absolute Gasteiger partial charge is 0.145 e. The maximum atomic E-state index is 14.4. The SMILES string of the molecule is CC(c1ccc(Cl)cc1)N1CCC2(CC1)CN(c1ncnc3[nH]ccc13)c1ccc(F)cc12. The number of halogens is 2. The predicted molar refractivity (Wildman–Crippen MR) is 130 cm³/mol. The Morgan fingerprint density at radius 2 is 1.85 bits per heavy atom. The standard InChI is InChI=1S/C26H25ClFN5/c1-17(18-2-4-19(27)5-3-18)32-12-9-26(10-13-32)15-33(23-7-6-20(28)14-22(23)26)25-21-8-11-29-24(21)30-16-31-25/h2-8,11,14,16-17H,9-10,12-13,15H2,1H3,(H,29,30,31). The molecule has 7 heteroatoms. The number of likely N-dealkylation sites (tertiary alicyclic amines) is 1. The molecule has 0 amide bonds. The van der Waals surface area contributed by atoms with Gasteiger partial charge in [0.25, 0.3) is 0 Å². The van der Waals surface area contributed by atoms with Crippen LogP contribution >= 0.6 is 11.6 Å². The summed E-state index contributed by atoms with van der Waals surface area (Å²) in [7, 11) is 0. The Balaban J connectivity index is 1.32. The molecular weight excluding hydrogens is 437 g/mol. The molecule has 2 aliphatic rings. The van der Waals surface area contributed by atoms with Crippen molar-refractivity contribution in [3.8, 4) is 0 Å². The number of benzene rings is 2. The van der Waals surface area contributed by atoms with Gasteiger partial charge in [0.15, 0.2) is 0 Å². The van der Waals surface area contributed by atoms with Crippen LogP contribution in [0.1, 0.15) is 36.9 Å². The van der Waals surface area contributed by atoms with Crippen LogP contribution in [0.2, 0.25) is 5.02 Å². The molecular formula is C26H25ClFN5. The van der Waals surface area contributed by atoms with Gasteiger partial charge in [0.05, 0.1) is 5.39 Å². The molecule has 1 fully saturated rings. The predicted octanol–water partition coefficient (Wildman–Crippen LogP) is 6.00. The van der Waals surface area contributed by atoms with Crippen molar-refractivity contribution in [3.63, 3.8) is 0 Å². The molecule has 1 saturated heterocycles. The molecule has 5 nitrogen and oxygen atoms in total. The van der Waals surface area contributed by atoms with Crippen molar-refractivity contribution in [1.82, 2.24) is 19.9 Å². The van der Waals surface area contributed by atoms with Gasteiger partial charge in [-0.15, -0.1) is 0 Å². The number of anilines is 2. The van der Waals surface area contributed by atoms with E-state index in [2.05, 4.69) is 43.8 Å². The third-order valence-corrected chi connectivity index (χ3v) is 7.78. The van der Waals surface area contributed by atoms with E-state index in [1.165, 1.54) is 5.56 Å². The van der Waals surface area contributed by atoms with E-state index in [1.54, 1.807) is 18.5 Å². The van der Waals surface area contributed by atoms with Crippen LogP contribution in [-0.4, -0.2) is 39.5 Å². The highest BCUT2D eigenvalue weighted by Crippen LogP contribution is 2.50. The van der Waals surface area contributed by atoms with E-state index in [0.717, 1.165) is 65.6 Å². The summed E-state index contributed by atoms with van der Waals surface area (Å²) in [6, 6.07) is 15.6. The molecule has 0 radical (unpaired) electrons. The fourth-order valence-electron chi connectivity index (χ4n) is 5.62. The second-order valence-corrected chi connectivity index (χ2v) is 9.67. The van der Waals surface area contributed by atoms with Gasteiger partial charge in [-0.25, -0.2) is 14.4 Å². The van der Waals surface area contributed by atoms with Gasteiger partial charge in [0.1, 0.15) is 23.6 Å². The number of piperidine rings is 1. The van der Waals surface area contributed by atoms with E-state index < -0.39 is 0 Å². The highest BCUT2D eigenvalue weighted by Gasteiger charge is 2.46. The Kier molecular flexibility index (Phi) is 4.89. The van der Waals surface area contributed by atoms with Crippen molar-refractivity contribution in [3.05, 3.63) is 83.0 Å². The number of hydrogen-bond acceptors (Lipinski definition) is 4. The molecule has 2 aliphatic heterocycles. The Bertz CT molecular complexity index is 1310. The number of rotatable bonds is 3. The van der Waals surface area contributed by atoms with E-state index in [1.807, 2.05) is 30.5 Å². The van der Waals surface area contributed by atoms with Crippen molar-refractivity contribution < 1.29 is 4.39 Å². The Labute approximate surface area is 197 Å². The number of aromatic nitrogens is 3. The summed E-state index contributed by atoms with van der Waals surface area (Å²) >= 11 is 6.08. The lowest BCUT2D eigenvalue weighted by molar-refractivity contribution is 0.128. The van der Waals surface area contributed by atoms with Gasteiger partial charge in [-0.1, -0.05) is 23.7 Å². The summed E-state index contributed by atoms with van der Waals surface area (Å²) in [6.07, 6.45) is 5.42. The Morgan fingerprint density at radius 1 is 1.06 bits per heavy atom. The maximum Gasteiger partial charge on any atom is 0.145 e. The second-order valence-electron chi connectivity index (χ2n) is 9.23. The lowest BCUT2D eigenvalue weighted by atomic mass is 9.74. The summed E-state index contributed by atoms with van der Waals surface area (Å²) in [6.45, 7) is 4.96. The van der Waals surface area contributed by atoms with Crippen LogP contribution < -0.4 is 4.90 Å². The topological polar surface area (TPSA) is 48.1 Å². The average molecular weight is 462 g/mol. The first-order valence-corrected chi connectivity index (χ1v) is 11.8. The molecule has 0 aliphatic carbocycles. The van der Waals surface area contributed by atoms with Gasteiger partial charge in [0.2, 0.25) is 0 Å². The summed E-state index contributed by atoms with van der Waals surface area (Å²) in [5, 5.41) is 1.74. The molecule has 0 bridgehead atoms. The highest BCUT2D eigenvalue weighted by molar-refractivity contribution is 6.30. The van der Waals surface area contributed by atoms with E-state index >= 15 is 0 Å². The zero-order valence-electron chi connectivity index (χ0n) is 18.4. The van der Waals surface area contributed by atoms with Crippen molar-refractivity contribution >= 4 is 34.1 Å². The summed E-state index contributed by atoms with van der Waals surface area (Å²) in [5.74, 6) is 0.698. The third-order valence-electron chi connectivity index (χ3n) is 7.53. The number of fused-ring (bicyclic) bond motifs is 3. The second kappa shape index (κ2) is 7.82. The summed E-state index contributed by atoms with van der Waals surface area (Å²) < 4.78 is 14.4. The van der Waals surface area contributed by atoms with Gasteiger partial charge in [-0.2, -0.15) is 0 Å². The number of hydrogen-bond donors (Lipinski definition) is 1. The first-order chi connectivity index (χ1) is 16.0. The van der Waals surface area contributed by atoms with Crippen LogP contribution in [0.5, 0.6) is 0 Å². The Hall–Kier alpha value is -2.96.